The number of rotatable bonds is 7. The van der Waals surface area contributed by atoms with Crippen LogP contribution in [0.3, 0.4) is 0 Å². The van der Waals surface area contributed by atoms with E-state index in [1.165, 1.54) is 56.7 Å². The third kappa shape index (κ3) is 17.5. The van der Waals surface area contributed by atoms with E-state index in [4.69, 9.17) is 29.4 Å². The number of methoxy groups -OCH3 is 2. The summed E-state index contributed by atoms with van der Waals surface area (Å²) in [6.07, 6.45) is 0. The number of nitro groups is 2. The summed E-state index contributed by atoms with van der Waals surface area (Å²) in [5.41, 5.74) is -0.146. The number of phenolic OH excluding ortho intramolecular Hbond substituents is 1. The third-order valence-electron chi connectivity index (χ3n) is 4.78. The number of ether oxygens (including phenoxy) is 3. The van der Waals surface area contributed by atoms with Gasteiger partial charge in [-0.25, -0.2) is 13.2 Å². The molecule has 0 heterocycles. The van der Waals surface area contributed by atoms with Crippen molar-refractivity contribution in [3.63, 3.8) is 0 Å². The molecule has 20 heteroatoms. The molecule has 0 fully saturated rings. The van der Waals surface area contributed by atoms with Crippen LogP contribution >= 0.6 is 31.9 Å². The molecule has 4 rings (SSSR count). The number of carbonyl (C=O) groups is 1. The maximum Gasteiger partial charge on any atom is 1.00 e. The van der Waals surface area contributed by atoms with E-state index in [1.54, 1.807) is 0 Å². The fourth-order valence-electron chi connectivity index (χ4n) is 2.76. The second-order valence-corrected chi connectivity index (χ2v) is 9.34. The molecular formula is C27H21Br2F3K2N2O11. The molecule has 4 aromatic carbocycles. The summed E-state index contributed by atoms with van der Waals surface area (Å²) in [5, 5.41) is 38.0. The van der Waals surface area contributed by atoms with Gasteiger partial charge in [0.1, 0.15) is 23.2 Å². The molecule has 4 aromatic rings. The Balaban J connectivity index is -0.000000620. The van der Waals surface area contributed by atoms with Crippen molar-refractivity contribution in [2.75, 3.05) is 14.2 Å². The van der Waals surface area contributed by atoms with Crippen molar-refractivity contribution in [2.24, 2.45) is 0 Å². The second-order valence-electron chi connectivity index (χ2n) is 7.63. The van der Waals surface area contributed by atoms with Gasteiger partial charge >= 0.3 is 103 Å². The predicted octanol–water partition coefficient (Wildman–Crippen LogP) is 0.889. The molecule has 0 aromatic heterocycles. The van der Waals surface area contributed by atoms with Gasteiger partial charge in [-0.05, 0) is 56.1 Å². The van der Waals surface area contributed by atoms with Crippen LogP contribution in [0.25, 0.3) is 0 Å². The first-order valence-corrected chi connectivity index (χ1v) is 13.2. The Morgan fingerprint density at radius 3 is 1.55 bits per heavy atom. The van der Waals surface area contributed by atoms with E-state index in [0.29, 0.717) is 11.5 Å². The molecular weight excluding hydrogens is 823 g/mol. The van der Waals surface area contributed by atoms with Crippen LogP contribution < -0.4 is 122 Å². The Bertz CT molecular complexity index is 1600. The Kier molecular flexibility index (Phi) is 25.6. The molecule has 0 saturated heterocycles. The van der Waals surface area contributed by atoms with Gasteiger partial charge in [0.25, 0.3) is 17.8 Å². The molecule has 0 saturated carbocycles. The van der Waals surface area contributed by atoms with E-state index >= 15 is 0 Å². The molecule has 0 amide bonds. The average molecular weight is 844 g/mol. The smallest absolute Gasteiger partial charge is 1.00 e. The molecule has 0 spiro atoms. The topological polar surface area (TPSA) is 184 Å². The predicted molar refractivity (Wildman–Crippen MR) is 157 cm³/mol. The van der Waals surface area contributed by atoms with Crippen molar-refractivity contribution in [1.29, 1.82) is 0 Å². The number of nitro benzene ring substituents is 2. The largest absolute Gasteiger partial charge is 1.00 e. The maximum absolute atomic E-state index is 13.5. The van der Waals surface area contributed by atoms with Crippen LogP contribution in [0.15, 0.2) is 81.7 Å². The molecule has 0 bridgehead atoms. The number of aromatic hydroxyl groups is 1. The Hall–Kier alpha value is -1.67. The van der Waals surface area contributed by atoms with E-state index in [-0.39, 0.29) is 148 Å². The molecule has 0 unspecified atom stereocenters. The van der Waals surface area contributed by atoms with Gasteiger partial charge < -0.3 is 30.9 Å². The first-order valence-electron chi connectivity index (χ1n) is 11.6. The third-order valence-corrected chi connectivity index (χ3v) is 6.00. The fourth-order valence-corrected chi connectivity index (χ4v) is 3.40. The standard InChI is InChI=1S/C13H9BrFNO4.C7H6BrFO2.C6H4FNO2.CH2O3.2K.H/c1-19-12-6-10(14)11(15)7-13(12)20-9-4-2-8(3-5-9)16(17)18;1-11-7-2-4(8)5(9)3-6(7)10;7-5-1-3-6(4-2-5)8(9)10;2-1-4-3;;;/h2-7H,1H3;2-3,10H,1H3;1-4H;1,3H;;;/q;;;;2*+1;-1/p-1. The van der Waals surface area contributed by atoms with Crippen molar-refractivity contribution in [3.8, 4) is 28.7 Å². The molecule has 0 radical (unpaired) electrons. The van der Waals surface area contributed by atoms with Gasteiger partial charge in [0.2, 0.25) is 0 Å². The molecule has 47 heavy (non-hydrogen) atoms. The van der Waals surface area contributed by atoms with E-state index in [0.717, 1.165) is 30.3 Å². The summed E-state index contributed by atoms with van der Waals surface area (Å²) in [6, 6.07) is 14.8. The number of hydrogen-bond donors (Lipinski definition) is 1. The number of phenols is 1. The summed E-state index contributed by atoms with van der Waals surface area (Å²) in [6.45, 7) is -0.181. The summed E-state index contributed by atoms with van der Waals surface area (Å²) in [5.74, 6) is -0.558. The van der Waals surface area contributed by atoms with Gasteiger partial charge in [-0.2, -0.15) is 0 Å². The van der Waals surface area contributed by atoms with Crippen molar-refractivity contribution < 1.29 is 161 Å². The van der Waals surface area contributed by atoms with Gasteiger partial charge in [0.05, 0.1) is 33.0 Å². The summed E-state index contributed by atoms with van der Waals surface area (Å²) in [4.78, 5) is 30.7. The zero-order chi connectivity index (χ0) is 34.1. The SMILES string of the molecule is COc1cc(Br)c(F)cc1O.COc1cc(Br)c(F)cc1Oc1ccc([N+](=O)[O-])cc1.O=CO[O-].O=[N+]([O-])c1ccc(F)cc1.[H-].[K+].[K+]. The molecule has 1 N–H and O–H groups in total. The van der Waals surface area contributed by atoms with Crippen LogP contribution in [0.2, 0.25) is 0 Å². The van der Waals surface area contributed by atoms with Gasteiger partial charge in [-0.15, -0.1) is 0 Å². The van der Waals surface area contributed by atoms with Crippen LogP contribution in [0.5, 0.6) is 28.7 Å². The minimum Gasteiger partial charge on any atom is -1.00 e. The fraction of sp³-hybridized carbons (Fsp3) is 0.0741. The Labute approximate surface area is 368 Å². The Morgan fingerprint density at radius 1 is 0.745 bits per heavy atom. The molecule has 0 aliphatic rings. The van der Waals surface area contributed by atoms with E-state index in [1.807, 2.05) is 0 Å². The molecule has 0 aliphatic carbocycles. The van der Waals surface area contributed by atoms with Gasteiger partial charge in [0.15, 0.2) is 23.0 Å². The van der Waals surface area contributed by atoms with Gasteiger partial charge in [-0.1, -0.05) is 0 Å². The second kappa shape index (κ2) is 25.3. The molecule has 242 valence electrons. The summed E-state index contributed by atoms with van der Waals surface area (Å²) < 4.78 is 54.1. The first-order chi connectivity index (χ1) is 21.3. The zero-order valence-electron chi connectivity index (χ0n) is 25.8. The van der Waals surface area contributed by atoms with Crippen molar-refractivity contribution >= 4 is 49.7 Å². The zero-order valence-corrected chi connectivity index (χ0v) is 34.2. The number of halogens is 5. The van der Waals surface area contributed by atoms with E-state index in [2.05, 4.69) is 36.7 Å². The van der Waals surface area contributed by atoms with E-state index < -0.39 is 27.3 Å². The van der Waals surface area contributed by atoms with Crippen LogP contribution in [0.1, 0.15) is 1.43 Å². The molecule has 0 atom stereocenters. The van der Waals surface area contributed by atoms with Gasteiger partial charge in [0, 0.05) is 48.5 Å². The number of benzene rings is 4. The first kappa shape index (κ1) is 47.4. The number of nitrogens with zero attached hydrogens (tertiary/aromatic N) is 2. The van der Waals surface area contributed by atoms with Crippen LogP contribution in [-0.2, 0) is 9.68 Å². The molecule has 0 aliphatic heterocycles. The quantitative estimate of drug-likeness (QED) is 0.0917. The Morgan fingerprint density at radius 2 is 1.15 bits per heavy atom. The molecule has 13 nitrogen and oxygen atoms in total. The summed E-state index contributed by atoms with van der Waals surface area (Å²) >= 11 is 6.00. The number of carbonyl (C=O) groups excluding carboxylic acids is 1. The van der Waals surface area contributed by atoms with Crippen LogP contribution in [0.4, 0.5) is 24.5 Å². The van der Waals surface area contributed by atoms with Gasteiger partial charge in [-0.3, -0.25) is 25.0 Å². The number of hydrogen-bond acceptors (Lipinski definition) is 11. The number of non-ortho nitro benzene ring substituents is 2. The van der Waals surface area contributed by atoms with Crippen LogP contribution in [0, 0.1) is 37.7 Å². The average Bonchev–Trinajstić information content (AvgIpc) is 3.02. The van der Waals surface area contributed by atoms with Crippen molar-refractivity contribution in [2.45, 2.75) is 0 Å². The minimum atomic E-state index is -0.570. The van der Waals surface area contributed by atoms with Crippen molar-refractivity contribution in [1.82, 2.24) is 0 Å². The monoisotopic (exact) mass is 842 g/mol. The van der Waals surface area contributed by atoms with E-state index in [9.17, 15) is 33.4 Å². The minimum absolute atomic E-state index is 0. The summed E-state index contributed by atoms with van der Waals surface area (Å²) in [7, 11) is 2.84. The normalized spacial score (nSPS) is 9.02. The maximum atomic E-state index is 13.5. The van der Waals surface area contributed by atoms with Crippen LogP contribution in [-0.4, -0.2) is 35.6 Å². The van der Waals surface area contributed by atoms with Crippen molar-refractivity contribution in [3.05, 3.63) is 119 Å².